The third-order valence-electron chi connectivity index (χ3n) is 3.25. The van der Waals surface area contributed by atoms with Gasteiger partial charge < -0.3 is 0 Å². The standard InChI is InChI=1S/C16H13NOS/c1-10-8-15(19-11(10)2)16(18)13-5-6-14-12(9-13)4-3-7-17-14/h3-9H,1-2H3. The van der Waals surface area contributed by atoms with E-state index in [9.17, 15) is 4.79 Å². The van der Waals surface area contributed by atoms with E-state index in [1.54, 1.807) is 17.5 Å². The molecule has 0 atom stereocenters. The Morgan fingerprint density at radius 3 is 2.74 bits per heavy atom. The predicted molar refractivity (Wildman–Crippen MR) is 79.0 cm³/mol. The number of hydrogen-bond acceptors (Lipinski definition) is 3. The summed E-state index contributed by atoms with van der Waals surface area (Å²) in [4.78, 5) is 18.7. The number of aromatic nitrogens is 1. The van der Waals surface area contributed by atoms with Crippen LogP contribution in [0.15, 0.2) is 42.6 Å². The molecule has 0 saturated heterocycles. The van der Waals surface area contributed by atoms with Crippen LogP contribution in [0.1, 0.15) is 25.7 Å². The van der Waals surface area contributed by atoms with Crippen LogP contribution in [0.5, 0.6) is 0 Å². The second-order valence-electron chi connectivity index (χ2n) is 4.59. The van der Waals surface area contributed by atoms with Gasteiger partial charge in [-0.15, -0.1) is 11.3 Å². The van der Waals surface area contributed by atoms with Gasteiger partial charge in [0.15, 0.2) is 0 Å². The zero-order valence-electron chi connectivity index (χ0n) is 10.8. The average Bonchev–Trinajstić information content (AvgIpc) is 2.77. The number of hydrogen-bond donors (Lipinski definition) is 0. The lowest BCUT2D eigenvalue weighted by atomic mass is 10.1. The van der Waals surface area contributed by atoms with Gasteiger partial charge in [0, 0.05) is 22.0 Å². The third kappa shape index (κ3) is 2.17. The molecule has 0 spiro atoms. The molecule has 0 aliphatic heterocycles. The van der Waals surface area contributed by atoms with Gasteiger partial charge in [-0.1, -0.05) is 6.07 Å². The van der Waals surface area contributed by atoms with Crippen molar-refractivity contribution in [3.8, 4) is 0 Å². The SMILES string of the molecule is Cc1cc(C(=O)c2ccc3ncccc3c2)sc1C. The largest absolute Gasteiger partial charge is 0.288 e. The highest BCUT2D eigenvalue weighted by molar-refractivity contribution is 7.14. The summed E-state index contributed by atoms with van der Waals surface area (Å²) in [6.45, 7) is 4.08. The summed E-state index contributed by atoms with van der Waals surface area (Å²) >= 11 is 1.56. The van der Waals surface area contributed by atoms with Crippen LogP contribution in [0.25, 0.3) is 10.9 Å². The Balaban J connectivity index is 2.06. The molecule has 0 amide bonds. The van der Waals surface area contributed by atoms with Gasteiger partial charge in [-0.25, -0.2) is 0 Å². The first-order chi connectivity index (χ1) is 9.15. The highest BCUT2D eigenvalue weighted by atomic mass is 32.1. The number of benzene rings is 1. The smallest absolute Gasteiger partial charge is 0.202 e. The van der Waals surface area contributed by atoms with Crippen molar-refractivity contribution in [3.63, 3.8) is 0 Å². The van der Waals surface area contributed by atoms with Gasteiger partial charge in [-0.3, -0.25) is 9.78 Å². The molecular weight excluding hydrogens is 254 g/mol. The Hall–Kier alpha value is -2.00. The van der Waals surface area contributed by atoms with E-state index in [1.165, 1.54) is 10.4 Å². The number of fused-ring (bicyclic) bond motifs is 1. The summed E-state index contributed by atoms with van der Waals surface area (Å²) in [6, 6.07) is 11.5. The summed E-state index contributed by atoms with van der Waals surface area (Å²) in [5, 5.41) is 0.998. The van der Waals surface area contributed by atoms with Gasteiger partial charge in [0.25, 0.3) is 0 Å². The van der Waals surface area contributed by atoms with E-state index in [0.29, 0.717) is 0 Å². The van der Waals surface area contributed by atoms with Gasteiger partial charge in [0.2, 0.25) is 5.78 Å². The molecule has 2 aromatic heterocycles. The lowest BCUT2D eigenvalue weighted by molar-refractivity contribution is 0.104. The van der Waals surface area contributed by atoms with Crippen LogP contribution in [-0.2, 0) is 0 Å². The van der Waals surface area contributed by atoms with Crippen LogP contribution < -0.4 is 0 Å². The average molecular weight is 267 g/mol. The Morgan fingerprint density at radius 2 is 2.00 bits per heavy atom. The van der Waals surface area contributed by atoms with E-state index >= 15 is 0 Å². The fraction of sp³-hybridized carbons (Fsp3) is 0.125. The van der Waals surface area contributed by atoms with E-state index in [1.807, 2.05) is 50.2 Å². The molecule has 3 rings (SSSR count). The Labute approximate surface area is 115 Å². The van der Waals surface area contributed by atoms with E-state index in [2.05, 4.69) is 4.98 Å². The molecule has 0 N–H and O–H groups in total. The monoisotopic (exact) mass is 267 g/mol. The molecule has 2 nitrogen and oxygen atoms in total. The Morgan fingerprint density at radius 1 is 1.16 bits per heavy atom. The molecule has 0 unspecified atom stereocenters. The van der Waals surface area contributed by atoms with Crippen molar-refractivity contribution in [1.29, 1.82) is 0 Å². The lowest BCUT2D eigenvalue weighted by Crippen LogP contribution is -1.98. The van der Waals surface area contributed by atoms with E-state index in [0.717, 1.165) is 21.3 Å². The van der Waals surface area contributed by atoms with Crippen molar-refractivity contribution in [1.82, 2.24) is 4.98 Å². The van der Waals surface area contributed by atoms with Crippen LogP contribution in [0.3, 0.4) is 0 Å². The number of ketones is 1. The minimum Gasteiger partial charge on any atom is -0.288 e. The second kappa shape index (κ2) is 4.59. The van der Waals surface area contributed by atoms with Crippen molar-refractivity contribution < 1.29 is 4.79 Å². The van der Waals surface area contributed by atoms with Crippen molar-refractivity contribution in [2.24, 2.45) is 0 Å². The minimum absolute atomic E-state index is 0.0898. The number of rotatable bonds is 2. The molecule has 94 valence electrons. The summed E-state index contributed by atoms with van der Waals surface area (Å²) in [6.07, 6.45) is 1.76. The summed E-state index contributed by atoms with van der Waals surface area (Å²) in [7, 11) is 0. The van der Waals surface area contributed by atoms with Crippen LogP contribution in [-0.4, -0.2) is 10.8 Å². The lowest BCUT2D eigenvalue weighted by Gasteiger charge is -2.01. The highest BCUT2D eigenvalue weighted by Crippen LogP contribution is 2.24. The number of pyridine rings is 1. The van der Waals surface area contributed by atoms with Crippen molar-refractivity contribution >= 4 is 28.0 Å². The van der Waals surface area contributed by atoms with Gasteiger partial charge in [-0.05, 0) is 49.7 Å². The van der Waals surface area contributed by atoms with Crippen molar-refractivity contribution in [2.75, 3.05) is 0 Å². The summed E-state index contributed by atoms with van der Waals surface area (Å²) in [5.41, 5.74) is 2.81. The maximum absolute atomic E-state index is 12.4. The zero-order valence-corrected chi connectivity index (χ0v) is 11.6. The highest BCUT2D eigenvalue weighted by Gasteiger charge is 2.13. The number of thiophene rings is 1. The first kappa shape index (κ1) is 12.1. The van der Waals surface area contributed by atoms with Crippen molar-refractivity contribution in [3.05, 3.63) is 63.5 Å². The molecule has 0 aliphatic carbocycles. The Kier molecular flexibility index (Phi) is 2.91. The molecule has 1 aromatic carbocycles. The molecule has 3 aromatic rings. The number of nitrogens with zero attached hydrogens (tertiary/aromatic N) is 1. The fourth-order valence-corrected chi connectivity index (χ4v) is 3.04. The molecular formula is C16H13NOS. The number of aryl methyl sites for hydroxylation is 2. The first-order valence-electron chi connectivity index (χ1n) is 6.11. The molecule has 0 radical (unpaired) electrons. The molecule has 0 saturated carbocycles. The van der Waals surface area contributed by atoms with Gasteiger partial charge in [0.05, 0.1) is 10.4 Å². The molecule has 0 fully saturated rings. The maximum atomic E-state index is 12.4. The molecule has 3 heteroatoms. The van der Waals surface area contributed by atoms with Gasteiger partial charge in [0.1, 0.15) is 0 Å². The van der Waals surface area contributed by atoms with Crippen LogP contribution in [0, 0.1) is 13.8 Å². The second-order valence-corrected chi connectivity index (χ2v) is 5.85. The minimum atomic E-state index is 0.0898. The normalized spacial score (nSPS) is 10.8. The Bertz CT molecular complexity index is 754. The van der Waals surface area contributed by atoms with E-state index < -0.39 is 0 Å². The summed E-state index contributed by atoms with van der Waals surface area (Å²) in [5.74, 6) is 0.0898. The molecule has 0 bridgehead atoms. The maximum Gasteiger partial charge on any atom is 0.202 e. The van der Waals surface area contributed by atoms with Gasteiger partial charge >= 0.3 is 0 Å². The molecule has 0 aliphatic rings. The van der Waals surface area contributed by atoms with E-state index in [-0.39, 0.29) is 5.78 Å². The molecule has 2 heterocycles. The van der Waals surface area contributed by atoms with Crippen LogP contribution in [0.2, 0.25) is 0 Å². The fourth-order valence-electron chi connectivity index (χ4n) is 2.04. The third-order valence-corrected chi connectivity index (χ3v) is 4.41. The number of carbonyl (C=O) groups excluding carboxylic acids is 1. The topological polar surface area (TPSA) is 30.0 Å². The van der Waals surface area contributed by atoms with E-state index in [4.69, 9.17) is 0 Å². The predicted octanol–water partition coefficient (Wildman–Crippen LogP) is 4.14. The number of carbonyl (C=O) groups is 1. The van der Waals surface area contributed by atoms with Crippen molar-refractivity contribution in [2.45, 2.75) is 13.8 Å². The zero-order chi connectivity index (χ0) is 13.4. The van der Waals surface area contributed by atoms with Gasteiger partial charge in [-0.2, -0.15) is 0 Å². The van der Waals surface area contributed by atoms with Crippen LogP contribution in [0.4, 0.5) is 0 Å². The first-order valence-corrected chi connectivity index (χ1v) is 6.93. The molecule has 19 heavy (non-hydrogen) atoms. The summed E-state index contributed by atoms with van der Waals surface area (Å²) < 4.78 is 0. The van der Waals surface area contributed by atoms with Crippen LogP contribution >= 0.6 is 11.3 Å². The quantitative estimate of drug-likeness (QED) is 0.653.